The second-order valence-corrected chi connectivity index (χ2v) is 4.88. The van der Waals surface area contributed by atoms with Gasteiger partial charge in [0.25, 0.3) is 0 Å². The summed E-state index contributed by atoms with van der Waals surface area (Å²) in [5.41, 5.74) is 9.67. The molecule has 0 aliphatic rings. The average molecular weight is 249 g/mol. The molecule has 2 atom stereocenters. The van der Waals surface area contributed by atoms with E-state index in [4.69, 9.17) is 10.5 Å². The molecule has 1 rings (SSSR count). The zero-order chi connectivity index (χ0) is 13.7. The first-order valence-electron chi connectivity index (χ1n) is 6.38. The van der Waals surface area contributed by atoms with Crippen LogP contribution in [0.15, 0.2) is 18.2 Å². The lowest BCUT2D eigenvalue weighted by Crippen LogP contribution is -2.29. The highest BCUT2D eigenvalue weighted by molar-refractivity contribution is 5.70. The number of aryl methyl sites for hydroxylation is 2. The Kier molecular flexibility index (Phi) is 5.35. The molecule has 18 heavy (non-hydrogen) atoms. The van der Waals surface area contributed by atoms with Gasteiger partial charge in [0, 0.05) is 12.0 Å². The number of nitrogens with two attached hydrogens (primary N) is 1. The minimum absolute atomic E-state index is 0.0229. The summed E-state index contributed by atoms with van der Waals surface area (Å²) >= 11 is 0. The Bertz CT molecular complexity index is 395. The van der Waals surface area contributed by atoms with E-state index >= 15 is 0 Å². The fourth-order valence-corrected chi connectivity index (χ4v) is 2.29. The van der Waals surface area contributed by atoms with E-state index in [-0.39, 0.29) is 17.9 Å². The van der Waals surface area contributed by atoms with Crippen molar-refractivity contribution in [1.29, 1.82) is 0 Å². The number of hydrogen-bond donors (Lipinski definition) is 1. The van der Waals surface area contributed by atoms with E-state index in [1.54, 1.807) is 0 Å². The summed E-state index contributed by atoms with van der Waals surface area (Å²) in [6.45, 7) is 6.16. The molecule has 0 aliphatic heterocycles. The number of carbonyl (C=O) groups excluding carboxylic acids is 1. The summed E-state index contributed by atoms with van der Waals surface area (Å²) < 4.78 is 4.76. The van der Waals surface area contributed by atoms with Gasteiger partial charge in [-0.05, 0) is 25.8 Å². The molecule has 0 heterocycles. The molecule has 0 amide bonds. The Labute approximate surface area is 109 Å². The molecular weight excluding hydrogens is 226 g/mol. The molecule has 0 spiro atoms. The number of ether oxygens (including phenoxy) is 1. The Morgan fingerprint density at radius 3 is 2.28 bits per heavy atom. The van der Waals surface area contributed by atoms with Gasteiger partial charge in [-0.2, -0.15) is 0 Å². The zero-order valence-electron chi connectivity index (χ0n) is 11.7. The van der Waals surface area contributed by atoms with E-state index in [9.17, 15) is 4.79 Å². The highest BCUT2D eigenvalue weighted by atomic mass is 16.5. The van der Waals surface area contributed by atoms with Gasteiger partial charge in [-0.3, -0.25) is 4.79 Å². The van der Waals surface area contributed by atoms with Crippen LogP contribution >= 0.6 is 0 Å². The minimum atomic E-state index is -0.206. The van der Waals surface area contributed by atoms with Crippen LogP contribution in [-0.2, 0) is 9.53 Å². The van der Waals surface area contributed by atoms with Crippen LogP contribution in [0.1, 0.15) is 42.4 Å². The molecule has 0 saturated heterocycles. The molecular formula is C15H23NO2. The lowest BCUT2D eigenvalue weighted by molar-refractivity contribution is -0.141. The molecule has 0 aromatic heterocycles. The monoisotopic (exact) mass is 249 g/mol. The molecule has 1 aromatic rings. The third-order valence-electron chi connectivity index (χ3n) is 3.27. The first kappa shape index (κ1) is 14.7. The molecule has 0 aliphatic carbocycles. The maximum Gasteiger partial charge on any atom is 0.306 e. The molecule has 0 bridgehead atoms. The Morgan fingerprint density at radius 1 is 1.28 bits per heavy atom. The first-order chi connectivity index (χ1) is 8.47. The fraction of sp³-hybridized carbons (Fsp3) is 0.533. The average Bonchev–Trinajstić information content (AvgIpc) is 2.33. The van der Waals surface area contributed by atoms with Crippen LogP contribution in [0.4, 0.5) is 0 Å². The van der Waals surface area contributed by atoms with Gasteiger partial charge in [0.15, 0.2) is 0 Å². The highest BCUT2D eigenvalue weighted by Gasteiger charge is 2.22. The van der Waals surface area contributed by atoms with E-state index in [1.807, 2.05) is 6.92 Å². The Balaban J connectivity index is 3.04. The van der Waals surface area contributed by atoms with Crippen LogP contribution < -0.4 is 5.73 Å². The number of esters is 1. The van der Waals surface area contributed by atoms with E-state index in [0.717, 1.165) is 12.0 Å². The van der Waals surface area contributed by atoms with Crippen molar-refractivity contribution in [2.45, 2.75) is 45.6 Å². The maximum atomic E-state index is 11.5. The summed E-state index contributed by atoms with van der Waals surface area (Å²) in [6.07, 6.45) is 1.18. The molecule has 0 fully saturated rings. The third kappa shape index (κ3) is 3.84. The van der Waals surface area contributed by atoms with Crippen LogP contribution in [-0.4, -0.2) is 19.1 Å². The van der Waals surface area contributed by atoms with Crippen molar-refractivity contribution in [2.24, 2.45) is 5.73 Å². The lowest BCUT2D eigenvalue weighted by Gasteiger charge is -2.23. The Morgan fingerprint density at radius 2 is 1.83 bits per heavy atom. The highest BCUT2D eigenvalue weighted by Crippen LogP contribution is 2.26. The van der Waals surface area contributed by atoms with Gasteiger partial charge in [0.05, 0.1) is 13.5 Å². The van der Waals surface area contributed by atoms with Crippen molar-refractivity contribution < 1.29 is 9.53 Å². The number of benzene rings is 1. The van der Waals surface area contributed by atoms with Crippen molar-refractivity contribution in [3.8, 4) is 0 Å². The summed E-state index contributed by atoms with van der Waals surface area (Å²) in [5.74, 6) is -0.177. The van der Waals surface area contributed by atoms with Crippen LogP contribution in [0.3, 0.4) is 0 Å². The van der Waals surface area contributed by atoms with Crippen molar-refractivity contribution >= 4 is 5.97 Å². The zero-order valence-corrected chi connectivity index (χ0v) is 11.7. The van der Waals surface area contributed by atoms with Gasteiger partial charge in [-0.25, -0.2) is 0 Å². The number of rotatable bonds is 5. The quantitative estimate of drug-likeness (QED) is 0.816. The van der Waals surface area contributed by atoms with Gasteiger partial charge >= 0.3 is 5.97 Å². The van der Waals surface area contributed by atoms with Crippen LogP contribution in [0.5, 0.6) is 0 Å². The molecule has 1 aromatic carbocycles. The van der Waals surface area contributed by atoms with Gasteiger partial charge in [-0.15, -0.1) is 0 Å². The summed E-state index contributed by atoms with van der Waals surface area (Å²) in [5, 5.41) is 0. The number of hydrogen-bond acceptors (Lipinski definition) is 3. The summed E-state index contributed by atoms with van der Waals surface area (Å²) in [6, 6.07) is 6.31. The Hall–Kier alpha value is -1.35. The largest absolute Gasteiger partial charge is 0.469 e. The molecule has 3 heteroatoms. The second kappa shape index (κ2) is 6.55. The third-order valence-corrected chi connectivity index (χ3v) is 3.27. The smallest absolute Gasteiger partial charge is 0.306 e. The van der Waals surface area contributed by atoms with Crippen molar-refractivity contribution in [1.82, 2.24) is 0 Å². The van der Waals surface area contributed by atoms with Crippen LogP contribution in [0, 0.1) is 13.8 Å². The predicted molar refractivity (Wildman–Crippen MR) is 73.6 cm³/mol. The summed E-state index contributed by atoms with van der Waals surface area (Å²) in [7, 11) is 1.42. The molecule has 100 valence electrons. The van der Waals surface area contributed by atoms with E-state index < -0.39 is 0 Å². The van der Waals surface area contributed by atoms with Crippen molar-refractivity contribution in [3.63, 3.8) is 0 Å². The molecule has 2 unspecified atom stereocenters. The van der Waals surface area contributed by atoms with Crippen LogP contribution in [0.25, 0.3) is 0 Å². The van der Waals surface area contributed by atoms with E-state index in [0.29, 0.717) is 6.42 Å². The lowest BCUT2D eigenvalue weighted by atomic mass is 9.86. The van der Waals surface area contributed by atoms with Crippen molar-refractivity contribution in [2.75, 3.05) is 7.11 Å². The maximum absolute atomic E-state index is 11.5. The molecule has 0 saturated carbocycles. The molecule has 3 nitrogen and oxygen atoms in total. The molecule has 2 N–H and O–H groups in total. The van der Waals surface area contributed by atoms with E-state index in [1.165, 1.54) is 18.2 Å². The number of methoxy groups -OCH3 is 1. The standard InChI is InChI=1S/C15H23NO2/c1-5-14(16)13(9-15(17)18-4)12-7-10(2)6-11(3)8-12/h6-8,13-14H,5,9,16H2,1-4H3. The van der Waals surface area contributed by atoms with Gasteiger partial charge in [0.2, 0.25) is 0 Å². The minimum Gasteiger partial charge on any atom is -0.469 e. The first-order valence-corrected chi connectivity index (χ1v) is 6.38. The van der Waals surface area contributed by atoms with Gasteiger partial charge in [0.1, 0.15) is 0 Å². The van der Waals surface area contributed by atoms with Gasteiger partial charge < -0.3 is 10.5 Å². The predicted octanol–water partition coefficient (Wildman–Crippen LogP) is 2.69. The van der Waals surface area contributed by atoms with Crippen LogP contribution in [0.2, 0.25) is 0 Å². The van der Waals surface area contributed by atoms with E-state index in [2.05, 4.69) is 32.0 Å². The SMILES string of the molecule is CCC(N)C(CC(=O)OC)c1cc(C)cc(C)c1. The van der Waals surface area contributed by atoms with Crippen molar-refractivity contribution in [3.05, 3.63) is 34.9 Å². The normalized spacial score (nSPS) is 14.1. The second-order valence-electron chi connectivity index (χ2n) is 4.88. The van der Waals surface area contributed by atoms with Gasteiger partial charge in [-0.1, -0.05) is 36.2 Å². The molecule has 0 radical (unpaired) electrons. The summed E-state index contributed by atoms with van der Waals surface area (Å²) in [4.78, 5) is 11.5. The topological polar surface area (TPSA) is 52.3 Å². The fourth-order valence-electron chi connectivity index (χ4n) is 2.29. The number of carbonyl (C=O) groups is 1.